The van der Waals surface area contributed by atoms with Crippen LogP contribution in [0.5, 0.6) is 5.75 Å². The number of hydrogen-bond acceptors (Lipinski definition) is 2. The minimum Gasteiger partial charge on any atom is -0.489 e. The first-order valence-electron chi connectivity index (χ1n) is 7.21. The van der Waals surface area contributed by atoms with E-state index in [1.807, 2.05) is 56.3 Å². The summed E-state index contributed by atoms with van der Waals surface area (Å²) in [5.74, 6) is -0.103. The predicted octanol–water partition coefficient (Wildman–Crippen LogP) is 4.37. The standard InChI is InChI=1S/C19H20O3/c1-4-16(19(20)21)17-8-6-5-7-15(17)12-22-18-11-13(2)9-10-14(18)3/h4-11H,12H2,1-3H3,(H,20,21). The van der Waals surface area contributed by atoms with Crippen LogP contribution in [0.2, 0.25) is 0 Å². The first kappa shape index (κ1) is 15.8. The van der Waals surface area contributed by atoms with Crippen molar-refractivity contribution in [3.8, 4) is 5.75 Å². The van der Waals surface area contributed by atoms with Gasteiger partial charge < -0.3 is 9.84 Å². The maximum absolute atomic E-state index is 11.3. The molecule has 2 aromatic rings. The van der Waals surface area contributed by atoms with E-state index >= 15 is 0 Å². The Morgan fingerprint density at radius 2 is 1.91 bits per heavy atom. The van der Waals surface area contributed by atoms with Gasteiger partial charge in [-0.25, -0.2) is 4.79 Å². The molecule has 0 aliphatic heterocycles. The summed E-state index contributed by atoms with van der Waals surface area (Å²) in [6.07, 6.45) is 1.61. The zero-order valence-corrected chi connectivity index (χ0v) is 13.1. The highest BCUT2D eigenvalue weighted by molar-refractivity contribution is 6.15. The molecule has 0 aromatic heterocycles. The number of allylic oxidation sites excluding steroid dienone is 1. The van der Waals surface area contributed by atoms with E-state index < -0.39 is 5.97 Å². The maximum atomic E-state index is 11.3. The summed E-state index contributed by atoms with van der Waals surface area (Å²) in [4.78, 5) is 11.3. The molecule has 0 saturated carbocycles. The van der Waals surface area contributed by atoms with Gasteiger partial charge in [-0.1, -0.05) is 42.5 Å². The van der Waals surface area contributed by atoms with Gasteiger partial charge in [0.25, 0.3) is 0 Å². The van der Waals surface area contributed by atoms with Gasteiger partial charge in [-0.3, -0.25) is 0 Å². The largest absolute Gasteiger partial charge is 0.489 e. The van der Waals surface area contributed by atoms with E-state index in [4.69, 9.17) is 4.74 Å². The summed E-state index contributed by atoms with van der Waals surface area (Å²) in [6, 6.07) is 13.5. The molecule has 0 unspecified atom stereocenters. The predicted molar refractivity (Wildman–Crippen MR) is 88.0 cm³/mol. The van der Waals surface area contributed by atoms with Crippen LogP contribution < -0.4 is 4.74 Å². The van der Waals surface area contributed by atoms with Gasteiger partial charge in [0.1, 0.15) is 12.4 Å². The number of aliphatic carboxylic acids is 1. The van der Waals surface area contributed by atoms with Crippen molar-refractivity contribution in [3.63, 3.8) is 0 Å². The van der Waals surface area contributed by atoms with Gasteiger partial charge in [-0.2, -0.15) is 0 Å². The Hall–Kier alpha value is -2.55. The second-order valence-corrected chi connectivity index (χ2v) is 5.22. The second-order valence-electron chi connectivity index (χ2n) is 5.22. The quantitative estimate of drug-likeness (QED) is 0.833. The Bertz CT molecular complexity index is 714. The molecule has 0 aliphatic rings. The maximum Gasteiger partial charge on any atom is 0.335 e. The van der Waals surface area contributed by atoms with E-state index in [1.54, 1.807) is 13.0 Å². The third-order valence-electron chi connectivity index (χ3n) is 3.55. The van der Waals surface area contributed by atoms with Crippen LogP contribution in [0.1, 0.15) is 29.2 Å². The van der Waals surface area contributed by atoms with Crippen LogP contribution in [0, 0.1) is 13.8 Å². The van der Waals surface area contributed by atoms with Gasteiger partial charge in [0, 0.05) is 0 Å². The summed E-state index contributed by atoms with van der Waals surface area (Å²) in [6.45, 7) is 6.08. The molecule has 114 valence electrons. The lowest BCUT2D eigenvalue weighted by atomic mass is 10.00. The Morgan fingerprint density at radius 3 is 2.59 bits per heavy atom. The first-order valence-corrected chi connectivity index (χ1v) is 7.21. The van der Waals surface area contributed by atoms with Crippen LogP contribution >= 0.6 is 0 Å². The van der Waals surface area contributed by atoms with Crippen molar-refractivity contribution in [1.82, 2.24) is 0 Å². The molecule has 22 heavy (non-hydrogen) atoms. The highest BCUT2D eigenvalue weighted by Crippen LogP contribution is 2.24. The molecule has 0 aliphatic carbocycles. The number of benzene rings is 2. The molecule has 0 amide bonds. The molecule has 3 nitrogen and oxygen atoms in total. The Balaban J connectivity index is 2.27. The first-order chi connectivity index (χ1) is 10.5. The van der Waals surface area contributed by atoms with Crippen LogP contribution in [0.3, 0.4) is 0 Å². The number of carboxylic acids is 1. The minimum absolute atomic E-state index is 0.292. The lowest BCUT2D eigenvalue weighted by molar-refractivity contribution is -0.130. The number of carboxylic acid groups (broad SMARTS) is 1. The molecular formula is C19H20O3. The van der Waals surface area contributed by atoms with E-state index in [1.165, 1.54) is 0 Å². The van der Waals surface area contributed by atoms with Crippen LogP contribution in [0.15, 0.2) is 48.5 Å². The molecule has 2 aromatic carbocycles. The molecule has 2 rings (SSSR count). The molecule has 0 radical (unpaired) electrons. The average Bonchev–Trinajstić information content (AvgIpc) is 2.50. The Morgan fingerprint density at radius 1 is 1.18 bits per heavy atom. The molecule has 3 heteroatoms. The third kappa shape index (κ3) is 3.55. The fourth-order valence-corrected chi connectivity index (χ4v) is 2.32. The molecular weight excluding hydrogens is 276 g/mol. The highest BCUT2D eigenvalue weighted by Gasteiger charge is 2.13. The van der Waals surface area contributed by atoms with Crippen LogP contribution in [-0.4, -0.2) is 11.1 Å². The monoisotopic (exact) mass is 296 g/mol. The van der Waals surface area contributed by atoms with Gasteiger partial charge in [0.2, 0.25) is 0 Å². The average molecular weight is 296 g/mol. The minimum atomic E-state index is -0.929. The van der Waals surface area contributed by atoms with Gasteiger partial charge in [0.05, 0.1) is 5.57 Å². The molecule has 0 bridgehead atoms. The molecule has 0 spiro atoms. The summed E-state index contributed by atoms with van der Waals surface area (Å²) in [7, 11) is 0. The van der Waals surface area contributed by atoms with Gasteiger partial charge in [-0.15, -0.1) is 0 Å². The topological polar surface area (TPSA) is 46.5 Å². The van der Waals surface area contributed by atoms with Crippen molar-refractivity contribution in [2.24, 2.45) is 0 Å². The highest BCUT2D eigenvalue weighted by atomic mass is 16.5. The fourth-order valence-electron chi connectivity index (χ4n) is 2.32. The van der Waals surface area contributed by atoms with Crippen molar-refractivity contribution >= 4 is 11.5 Å². The van der Waals surface area contributed by atoms with Gasteiger partial charge in [-0.05, 0) is 49.1 Å². The zero-order valence-electron chi connectivity index (χ0n) is 13.1. The van der Waals surface area contributed by atoms with E-state index in [9.17, 15) is 9.90 Å². The van der Waals surface area contributed by atoms with Crippen LogP contribution in [0.4, 0.5) is 0 Å². The van der Waals surface area contributed by atoms with Crippen LogP contribution in [0.25, 0.3) is 5.57 Å². The Kier molecular flexibility index (Phi) is 4.99. The Labute approximate surface area is 130 Å². The van der Waals surface area contributed by atoms with E-state index in [0.717, 1.165) is 22.4 Å². The summed E-state index contributed by atoms with van der Waals surface area (Å²) < 4.78 is 5.90. The van der Waals surface area contributed by atoms with Gasteiger partial charge >= 0.3 is 5.97 Å². The smallest absolute Gasteiger partial charge is 0.335 e. The number of rotatable bonds is 5. The zero-order chi connectivity index (χ0) is 16.1. The molecule has 0 heterocycles. The lowest BCUT2D eigenvalue weighted by Crippen LogP contribution is -2.05. The van der Waals surface area contributed by atoms with Gasteiger partial charge in [0.15, 0.2) is 0 Å². The number of aryl methyl sites for hydroxylation is 2. The van der Waals surface area contributed by atoms with Crippen molar-refractivity contribution in [2.45, 2.75) is 27.4 Å². The number of hydrogen-bond donors (Lipinski definition) is 1. The molecule has 0 fully saturated rings. The van der Waals surface area contributed by atoms with Crippen LogP contribution in [-0.2, 0) is 11.4 Å². The van der Waals surface area contributed by atoms with Crippen molar-refractivity contribution in [1.29, 1.82) is 0 Å². The SMILES string of the molecule is CC=C(C(=O)O)c1ccccc1COc1cc(C)ccc1C. The lowest BCUT2D eigenvalue weighted by Gasteiger charge is -2.13. The number of carbonyl (C=O) groups is 1. The van der Waals surface area contributed by atoms with Crippen molar-refractivity contribution in [3.05, 3.63) is 70.8 Å². The van der Waals surface area contributed by atoms with E-state index in [2.05, 4.69) is 0 Å². The molecule has 0 saturated heterocycles. The second kappa shape index (κ2) is 6.94. The third-order valence-corrected chi connectivity index (χ3v) is 3.55. The normalized spacial score (nSPS) is 11.3. The summed E-state index contributed by atoms with van der Waals surface area (Å²) in [5.41, 5.74) is 4.04. The summed E-state index contributed by atoms with van der Waals surface area (Å²) in [5, 5.41) is 9.31. The number of ether oxygens (including phenoxy) is 1. The molecule has 0 atom stereocenters. The molecule has 1 N–H and O–H groups in total. The van der Waals surface area contributed by atoms with E-state index in [0.29, 0.717) is 17.7 Å². The van der Waals surface area contributed by atoms with Crippen molar-refractivity contribution in [2.75, 3.05) is 0 Å². The summed E-state index contributed by atoms with van der Waals surface area (Å²) >= 11 is 0. The fraction of sp³-hybridized carbons (Fsp3) is 0.211. The van der Waals surface area contributed by atoms with Crippen molar-refractivity contribution < 1.29 is 14.6 Å². The van der Waals surface area contributed by atoms with E-state index in [-0.39, 0.29) is 0 Å².